The van der Waals surface area contributed by atoms with Gasteiger partial charge in [-0.05, 0) is 55.3 Å². The highest BCUT2D eigenvalue weighted by Crippen LogP contribution is 2.43. The zero-order valence-corrected chi connectivity index (χ0v) is 24.5. The molecular formula is C27H27F7N10O3. The van der Waals surface area contributed by atoms with Gasteiger partial charge in [-0.25, -0.2) is 31.7 Å². The summed E-state index contributed by atoms with van der Waals surface area (Å²) in [6.45, 7) is 1.03. The van der Waals surface area contributed by atoms with E-state index in [0.717, 1.165) is 10.9 Å². The van der Waals surface area contributed by atoms with Crippen molar-refractivity contribution in [2.75, 3.05) is 0 Å². The largest absolute Gasteiger partial charge is 0.408 e. The van der Waals surface area contributed by atoms with Crippen molar-refractivity contribution in [2.24, 2.45) is 11.3 Å². The maximum absolute atomic E-state index is 14.0. The van der Waals surface area contributed by atoms with Gasteiger partial charge in [0.2, 0.25) is 11.8 Å². The zero-order valence-electron chi connectivity index (χ0n) is 24.5. The van der Waals surface area contributed by atoms with Crippen LogP contribution in [0.3, 0.4) is 0 Å². The molecule has 252 valence electrons. The van der Waals surface area contributed by atoms with Gasteiger partial charge in [-0.1, -0.05) is 10.4 Å². The Balaban J connectivity index is 1.31. The van der Waals surface area contributed by atoms with Crippen molar-refractivity contribution in [2.45, 2.75) is 82.6 Å². The second-order valence-electron chi connectivity index (χ2n) is 12.0. The number of nitrogens with one attached hydrogen (secondary N) is 2. The highest BCUT2D eigenvalue weighted by atomic mass is 19.4. The molecule has 0 radical (unpaired) electrons. The molecule has 2 fully saturated rings. The number of aryl methyl sites for hydroxylation is 1. The first-order valence-corrected chi connectivity index (χ1v) is 14.5. The Bertz CT molecular complexity index is 1780. The van der Waals surface area contributed by atoms with E-state index in [9.17, 15) is 40.3 Å². The van der Waals surface area contributed by atoms with Gasteiger partial charge in [0.15, 0.2) is 11.3 Å². The lowest BCUT2D eigenvalue weighted by atomic mass is 9.79. The molecule has 3 atom stereocenters. The highest BCUT2D eigenvalue weighted by Gasteiger charge is 2.56. The molecule has 2 aliphatic rings. The minimum atomic E-state index is -4.77. The number of hydrogen-bond acceptors (Lipinski definition) is 9. The number of amides is 2. The fourth-order valence-electron chi connectivity index (χ4n) is 6.24. The van der Waals surface area contributed by atoms with Crippen molar-refractivity contribution < 1.29 is 45.0 Å². The molecular weight excluding hydrogens is 645 g/mol. The Labute approximate surface area is 260 Å². The Kier molecular flexibility index (Phi) is 8.15. The van der Waals surface area contributed by atoms with Crippen molar-refractivity contribution >= 4 is 17.5 Å². The van der Waals surface area contributed by atoms with Gasteiger partial charge in [-0.2, -0.15) is 18.3 Å². The summed E-state index contributed by atoms with van der Waals surface area (Å²) in [5.74, 6) is -4.89. The fourth-order valence-corrected chi connectivity index (χ4v) is 6.24. The minimum absolute atomic E-state index is 0.0775. The predicted molar refractivity (Wildman–Crippen MR) is 143 cm³/mol. The first-order chi connectivity index (χ1) is 22.1. The van der Waals surface area contributed by atoms with Gasteiger partial charge in [0.05, 0.1) is 42.3 Å². The number of fused-ring (bicyclic) bond motifs is 1. The number of imidazole rings is 1. The van der Waals surface area contributed by atoms with Gasteiger partial charge < -0.3 is 10.6 Å². The van der Waals surface area contributed by atoms with Crippen molar-refractivity contribution in [1.82, 2.24) is 50.5 Å². The van der Waals surface area contributed by atoms with Crippen LogP contribution in [0.2, 0.25) is 0 Å². The molecule has 5 heterocycles. The average molecular weight is 673 g/mol. The molecule has 4 aromatic heterocycles. The molecule has 1 aliphatic carbocycles. The smallest absolute Gasteiger partial charge is 0.344 e. The molecule has 20 heteroatoms. The summed E-state index contributed by atoms with van der Waals surface area (Å²) in [5.41, 5.74) is -1.58. The van der Waals surface area contributed by atoms with E-state index in [1.165, 1.54) is 29.9 Å². The van der Waals surface area contributed by atoms with Crippen molar-refractivity contribution in [1.29, 1.82) is 0 Å². The van der Waals surface area contributed by atoms with Gasteiger partial charge in [0.25, 0.3) is 12.3 Å². The van der Waals surface area contributed by atoms with Crippen molar-refractivity contribution in [3.05, 3.63) is 53.0 Å². The van der Waals surface area contributed by atoms with Crippen LogP contribution in [0.25, 0.3) is 5.65 Å². The van der Waals surface area contributed by atoms with Crippen molar-refractivity contribution in [3.63, 3.8) is 0 Å². The molecule has 0 unspecified atom stereocenters. The standard InChI is InChI=1S/C27H27F7N10O3/c1-13-20(41-47-40-13)23(45)38-21(15-2-4-26(30,31)5-3-15)16-11-44-19(36-16)6-14(9-35-44)7-25(8-18(27(32,33)34)37-24(25)46)12-43-10-17(22(28)29)39-42-43/h6,9-11,15,18,21-22H,2-5,7-8,12H2,1H3,(H,37,46)(H,38,45)/t18-,21-,25-/m0/s1. The van der Waals surface area contributed by atoms with Crippen LogP contribution < -0.4 is 10.6 Å². The molecule has 13 nitrogen and oxygen atoms in total. The SMILES string of the molecule is Cc1nonc1C(=O)N[C@H](c1cn2ncc(C[C@@]3(Cn4cc(C(F)F)nn4)C[C@@H](C(F)(F)F)NC3=O)cc2n1)C1CCC(F)(F)CC1. The maximum atomic E-state index is 14.0. The lowest BCUT2D eigenvalue weighted by Crippen LogP contribution is -2.40. The van der Waals surface area contributed by atoms with E-state index in [2.05, 4.69) is 40.7 Å². The summed E-state index contributed by atoms with van der Waals surface area (Å²) in [6.07, 6.45) is -5.69. The van der Waals surface area contributed by atoms with Crippen LogP contribution >= 0.6 is 0 Å². The molecule has 0 spiro atoms. The van der Waals surface area contributed by atoms with Gasteiger partial charge in [-0.3, -0.25) is 14.3 Å². The number of aromatic nitrogens is 8. The van der Waals surface area contributed by atoms with E-state index in [-0.39, 0.29) is 42.0 Å². The Morgan fingerprint density at radius 1 is 1.17 bits per heavy atom. The molecule has 47 heavy (non-hydrogen) atoms. The van der Waals surface area contributed by atoms with Gasteiger partial charge in [0, 0.05) is 12.8 Å². The summed E-state index contributed by atoms with van der Waals surface area (Å²) in [5, 5.41) is 23.2. The van der Waals surface area contributed by atoms with Crippen molar-refractivity contribution in [3.8, 4) is 0 Å². The Morgan fingerprint density at radius 3 is 2.53 bits per heavy atom. The number of carbonyl (C=O) groups is 2. The maximum Gasteiger partial charge on any atom is 0.408 e. The van der Waals surface area contributed by atoms with Crippen LogP contribution in [0.1, 0.15) is 77.7 Å². The van der Waals surface area contributed by atoms with Crippen LogP contribution in [0.5, 0.6) is 0 Å². The summed E-state index contributed by atoms with van der Waals surface area (Å²) >= 11 is 0. The second kappa shape index (κ2) is 11.9. The third-order valence-corrected chi connectivity index (χ3v) is 8.67. The molecule has 6 rings (SSSR count). The van der Waals surface area contributed by atoms with E-state index in [4.69, 9.17) is 0 Å². The molecule has 2 amide bonds. The van der Waals surface area contributed by atoms with E-state index in [0.29, 0.717) is 5.56 Å². The molecule has 0 bridgehead atoms. The number of alkyl halides is 7. The first-order valence-electron chi connectivity index (χ1n) is 14.5. The van der Waals surface area contributed by atoms with E-state index >= 15 is 0 Å². The number of nitrogens with zero attached hydrogens (tertiary/aromatic N) is 8. The topological polar surface area (TPSA) is 158 Å². The third-order valence-electron chi connectivity index (χ3n) is 8.67. The van der Waals surface area contributed by atoms with Gasteiger partial charge in [-0.15, -0.1) is 5.10 Å². The number of rotatable bonds is 9. The fraction of sp³-hybridized carbons (Fsp3) is 0.556. The summed E-state index contributed by atoms with van der Waals surface area (Å²) < 4.78 is 102. The third kappa shape index (κ3) is 6.62. The average Bonchev–Trinajstić information content (AvgIpc) is 3.79. The predicted octanol–water partition coefficient (Wildman–Crippen LogP) is 3.93. The van der Waals surface area contributed by atoms with Crippen LogP contribution in [0.15, 0.2) is 29.3 Å². The molecule has 4 aromatic rings. The normalized spacial score (nSPS) is 22.6. The minimum Gasteiger partial charge on any atom is -0.344 e. The first kappa shape index (κ1) is 32.3. The lowest BCUT2D eigenvalue weighted by molar-refractivity contribution is -0.155. The number of carbonyl (C=O) groups excluding carboxylic acids is 2. The Hall–Kier alpha value is -4.65. The van der Waals surface area contributed by atoms with Gasteiger partial charge >= 0.3 is 6.18 Å². The van der Waals surface area contributed by atoms with E-state index < -0.39 is 85.3 Å². The molecule has 1 saturated heterocycles. The molecule has 1 aliphatic heterocycles. The number of hydrogen-bond donors (Lipinski definition) is 2. The second-order valence-corrected chi connectivity index (χ2v) is 12.0. The summed E-state index contributed by atoms with van der Waals surface area (Å²) in [4.78, 5) is 30.8. The quantitative estimate of drug-likeness (QED) is 0.252. The van der Waals surface area contributed by atoms with Crippen LogP contribution in [-0.2, 0) is 17.8 Å². The summed E-state index contributed by atoms with van der Waals surface area (Å²) in [6, 6.07) is -1.55. The van der Waals surface area contributed by atoms with Crippen LogP contribution in [0.4, 0.5) is 30.7 Å². The van der Waals surface area contributed by atoms with E-state index in [1.807, 2.05) is 5.32 Å². The van der Waals surface area contributed by atoms with Crippen LogP contribution in [0, 0.1) is 18.3 Å². The molecule has 2 N–H and O–H groups in total. The lowest BCUT2D eigenvalue weighted by Gasteiger charge is -2.33. The summed E-state index contributed by atoms with van der Waals surface area (Å²) in [7, 11) is 0. The highest BCUT2D eigenvalue weighted by molar-refractivity contribution is 5.93. The Morgan fingerprint density at radius 2 is 1.91 bits per heavy atom. The monoisotopic (exact) mass is 672 g/mol. The zero-order chi connectivity index (χ0) is 33.7. The number of halogens is 7. The molecule has 1 saturated carbocycles. The molecule has 0 aromatic carbocycles. The van der Waals surface area contributed by atoms with Crippen LogP contribution in [-0.4, -0.2) is 69.9 Å². The van der Waals surface area contributed by atoms with E-state index in [1.54, 1.807) is 0 Å². The van der Waals surface area contributed by atoms with Gasteiger partial charge in [0.1, 0.15) is 17.4 Å².